The van der Waals surface area contributed by atoms with Gasteiger partial charge in [-0.15, -0.1) is 4.40 Å². The molecule has 19 heavy (non-hydrogen) atoms. The summed E-state index contributed by atoms with van der Waals surface area (Å²) in [5, 5.41) is 5.06. The molecule has 1 aromatic carbocycles. The molecule has 1 heterocycles. The van der Waals surface area contributed by atoms with Gasteiger partial charge in [0, 0.05) is 12.1 Å². The van der Waals surface area contributed by atoms with Crippen molar-refractivity contribution in [2.24, 2.45) is 4.40 Å². The van der Waals surface area contributed by atoms with Crippen molar-refractivity contribution < 1.29 is 21.6 Å². The lowest BCUT2D eigenvalue weighted by Gasteiger charge is -2.21. The van der Waals surface area contributed by atoms with E-state index in [9.17, 15) is 21.6 Å². The molecule has 0 saturated carbocycles. The van der Waals surface area contributed by atoms with Crippen molar-refractivity contribution in [3.05, 3.63) is 23.5 Å². The van der Waals surface area contributed by atoms with E-state index >= 15 is 0 Å². The number of nitrogens with zero attached hydrogens (tertiary/aromatic N) is 1. The number of benzene rings is 1. The normalized spacial score (nSPS) is 16.6. The monoisotopic (exact) mass is 293 g/mol. The highest BCUT2D eigenvalue weighted by molar-refractivity contribution is 7.90. The maximum absolute atomic E-state index is 13.5. The summed E-state index contributed by atoms with van der Waals surface area (Å²) in [7, 11) is -4.43. The highest BCUT2D eigenvalue weighted by atomic mass is 32.2. The number of fused-ring (bicyclic) bond motifs is 1. The molecule has 5 nitrogen and oxygen atoms in total. The van der Waals surface area contributed by atoms with Crippen molar-refractivity contribution in [3.8, 4) is 0 Å². The number of anilines is 1. The Morgan fingerprint density at radius 2 is 1.89 bits per heavy atom. The molecule has 0 unspecified atom stereocenters. The first kappa shape index (κ1) is 13.7. The van der Waals surface area contributed by atoms with Crippen LogP contribution in [0.25, 0.3) is 0 Å². The van der Waals surface area contributed by atoms with Crippen molar-refractivity contribution in [1.82, 2.24) is 5.32 Å². The lowest BCUT2D eigenvalue weighted by Crippen LogP contribution is -2.39. The highest BCUT2D eigenvalue weighted by Gasteiger charge is 2.32. The van der Waals surface area contributed by atoms with Gasteiger partial charge in [-0.2, -0.15) is 8.42 Å². The summed E-state index contributed by atoms with van der Waals surface area (Å²) in [6, 6.07) is 0.417. The van der Waals surface area contributed by atoms with Crippen molar-refractivity contribution in [2.75, 3.05) is 5.32 Å². The van der Waals surface area contributed by atoms with Crippen molar-refractivity contribution in [2.45, 2.75) is 24.8 Å². The Hall–Kier alpha value is -1.77. The molecule has 1 aromatic rings. The van der Waals surface area contributed by atoms with Gasteiger partial charge in [0.1, 0.15) is 0 Å². The van der Waals surface area contributed by atoms with Gasteiger partial charge in [0.2, 0.25) is 5.96 Å². The third-order valence-corrected chi connectivity index (χ3v) is 3.60. The summed E-state index contributed by atoms with van der Waals surface area (Å²) < 4.78 is 66.4. The predicted octanol–water partition coefficient (Wildman–Crippen LogP) is 1.57. The molecule has 104 valence electrons. The summed E-state index contributed by atoms with van der Waals surface area (Å²) in [5.74, 6) is -5.29. The Kier molecular flexibility index (Phi) is 3.17. The molecular weight excluding hydrogens is 283 g/mol. The third kappa shape index (κ3) is 2.37. The Morgan fingerprint density at radius 3 is 2.47 bits per heavy atom. The number of hydrogen-bond donors (Lipinski definition) is 2. The van der Waals surface area contributed by atoms with Crippen LogP contribution in [0.2, 0.25) is 0 Å². The van der Waals surface area contributed by atoms with E-state index in [4.69, 9.17) is 0 Å². The molecule has 1 aliphatic rings. The van der Waals surface area contributed by atoms with Gasteiger partial charge in [-0.05, 0) is 13.8 Å². The van der Waals surface area contributed by atoms with Crippen LogP contribution < -0.4 is 10.6 Å². The zero-order valence-electron chi connectivity index (χ0n) is 9.96. The number of halogens is 3. The van der Waals surface area contributed by atoms with E-state index < -0.39 is 38.1 Å². The summed E-state index contributed by atoms with van der Waals surface area (Å²) in [6.07, 6.45) is 0. The van der Waals surface area contributed by atoms with Gasteiger partial charge in [0.25, 0.3) is 10.0 Å². The Labute approximate surface area is 107 Å². The minimum absolute atomic E-state index is 0.154. The first-order valence-corrected chi connectivity index (χ1v) is 6.72. The average molecular weight is 293 g/mol. The van der Waals surface area contributed by atoms with Crippen LogP contribution in [0, 0.1) is 17.5 Å². The second-order valence-electron chi connectivity index (χ2n) is 4.20. The van der Waals surface area contributed by atoms with Gasteiger partial charge < -0.3 is 10.6 Å². The highest BCUT2D eigenvalue weighted by Crippen LogP contribution is 2.32. The summed E-state index contributed by atoms with van der Waals surface area (Å²) in [6.45, 7) is 3.44. The minimum atomic E-state index is -4.43. The molecular formula is C10H10F3N3O2S. The topological polar surface area (TPSA) is 70.6 Å². The Balaban J connectivity index is 2.61. The molecule has 0 saturated heterocycles. The van der Waals surface area contributed by atoms with E-state index in [1.807, 2.05) is 0 Å². The molecule has 2 N–H and O–H groups in total. The lowest BCUT2D eigenvalue weighted by atomic mass is 10.2. The number of guanidine groups is 1. The standard InChI is InChI=1S/C10H10F3N3O2S/c1-4(2)14-10-15-6-3-5(11)7(12)8(13)9(6)19(17,18)16-10/h3-4H,1-2H3,(H2,14,15,16). The molecule has 0 bridgehead atoms. The van der Waals surface area contributed by atoms with Crippen LogP contribution in [0.3, 0.4) is 0 Å². The Morgan fingerprint density at radius 1 is 1.26 bits per heavy atom. The number of rotatable bonds is 1. The molecule has 0 aromatic heterocycles. The smallest absolute Gasteiger partial charge is 0.290 e. The molecule has 0 radical (unpaired) electrons. The minimum Gasteiger partial charge on any atom is -0.353 e. The molecule has 0 aliphatic carbocycles. The second kappa shape index (κ2) is 4.41. The predicted molar refractivity (Wildman–Crippen MR) is 62.8 cm³/mol. The van der Waals surface area contributed by atoms with Crippen molar-refractivity contribution in [3.63, 3.8) is 0 Å². The number of nitrogens with one attached hydrogen (secondary N) is 2. The first-order valence-electron chi connectivity index (χ1n) is 5.28. The van der Waals surface area contributed by atoms with Crippen molar-refractivity contribution in [1.29, 1.82) is 0 Å². The van der Waals surface area contributed by atoms with E-state index in [1.165, 1.54) is 0 Å². The van der Waals surface area contributed by atoms with Crippen LogP contribution >= 0.6 is 0 Å². The van der Waals surface area contributed by atoms with Gasteiger partial charge >= 0.3 is 0 Å². The third-order valence-electron chi connectivity index (χ3n) is 2.27. The molecule has 2 rings (SSSR count). The summed E-state index contributed by atoms with van der Waals surface area (Å²) in [4.78, 5) is -0.999. The van der Waals surface area contributed by atoms with Crippen LogP contribution in [0.15, 0.2) is 15.4 Å². The summed E-state index contributed by atoms with van der Waals surface area (Å²) >= 11 is 0. The largest absolute Gasteiger partial charge is 0.353 e. The zero-order valence-corrected chi connectivity index (χ0v) is 10.8. The number of hydrogen-bond acceptors (Lipinski definition) is 4. The van der Waals surface area contributed by atoms with Gasteiger partial charge in [0.15, 0.2) is 22.3 Å². The van der Waals surface area contributed by atoms with Crippen LogP contribution in [-0.2, 0) is 10.0 Å². The van der Waals surface area contributed by atoms with Crippen LogP contribution in [0.4, 0.5) is 18.9 Å². The fourth-order valence-corrected chi connectivity index (χ4v) is 2.71. The lowest BCUT2D eigenvalue weighted by molar-refractivity contribution is 0.433. The van der Waals surface area contributed by atoms with Crippen molar-refractivity contribution >= 4 is 21.7 Å². The zero-order chi connectivity index (χ0) is 14.4. The van der Waals surface area contributed by atoms with E-state index in [1.54, 1.807) is 13.8 Å². The SMILES string of the molecule is CC(C)NC1=NS(=O)(=O)c2c(cc(F)c(F)c2F)N1. The fourth-order valence-electron chi connectivity index (χ4n) is 1.58. The number of sulfonamides is 1. The van der Waals surface area contributed by atoms with E-state index in [2.05, 4.69) is 15.0 Å². The fraction of sp³-hybridized carbons (Fsp3) is 0.300. The van der Waals surface area contributed by atoms with E-state index in [-0.39, 0.29) is 12.0 Å². The van der Waals surface area contributed by atoms with Crippen LogP contribution in [0.1, 0.15) is 13.8 Å². The molecule has 0 fully saturated rings. The van der Waals surface area contributed by atoms with Gasteiger partial charge in [-0.25, -0.2) is 13.2 Å². The van der Waals surface area contributed by atoms with E-state index in [0.29, 0.717) is 6.07 Å². The van der Waals surface area contributed by atoms with Gasteiger partial charge in [-0.1, -0.05) is 0 Å². The average Bonchev–Trinajstić information content (AvgIpc) is 2.22. The van der Waals surface area contributed by atoms with Gasteiger partial charge in [0.05, 0.1) is 5.69 Å². The Bertz CT molecular complexity index is 671. The van der Waals surface area contributed by atoms with Crippen LogP contribution in [0.5, 0.6) is 0 Å². The molecule has 9 heteroatoms. The molecule has 0 amide bonds. The maximum atomic E-state index is 13.5. The quantitative estimate of drug-likeness (QED) is 0.771. The van der Waals surface area contributed by atoms with E-state index in [0.717, 1.165) is 0 Å². The van der Waals surface area contributed by atoms with Gasteiger partial charge in [-0.3, -0.25) is 0 Å². The van der Waals surface area contributed by atoms with Crippen LogP contribution in [-0.4, -0.2) is 20.4 Å². The molecule has 0 spiro atoms. The second-order valence-corrected chi connectivity index (χ2v) is 5.74. The molecule has 1 aliphatic heterocycles. The first-order chi connectivity index (χ1) is 8.72. The maximum Gasteiger partial charge on any atom is 0.290 e. The summed E-state index contributed by atoms with van der Waals surface area (Å²) in [5.41, 5.74) is -0.394. The molecule has 0 atom stereocenters.